The van der Waals surface area contributed by atoms with Gasteiger partial charge < -0.3 is 30.9 Å². The molecule has 1 aliphatic rings. The first-order valence-electron chi connectivity index (χ1n) is 8.64. The Kier molecular flexibility index (Phi) is 9.44. The number of anilines is 1. The highest BCUT2D eigenvalue weighted by atomic mass is 16.5. The number of nitrogens with one attached hydrogen (secondary N) is 1. The fourth-order valence-electron chi connectivity index (χ4n) is 2.60. The number of carbonyl (C=O) groups is 4. The van der Waals surface area contributed by atoms with E-state index in [1.165, 1.54) is 0 Å². The molecule has 10 nitrogen and oxygen atoms in total. The van der Waals surface area contributed by atoms with Crippen LogP contribution in [-0.2, 0) is 19.2 Å². The number of likely N-dealkylation sites (tertiary alicyclic amines) is 1. The van der Waals surface area contributed by atoms with Crippen molar-refractivity contribution in [2.45, 2.75) is 19.3 Å². The zero-order chi connectivity index (χ0) is 21.1. The Bertz CT molecular complexity index is 671. The van der Waals surface area contributed by atoms with E-state index in [-0.39, 0.29) is 17.7 Å². The maximum atomic E-state index is 11.9. The standard InChI is InChI=1S/C16H23N3O3.C2H2O4/c1-22-14-4-2-13(3-5-14)18-15(20)8-11-19-9-6-12(7-10-19)16(17)21;3-1(4)2(5)6/h2-5,12H,6-11H2,1H3,(H2,17,21)(H,18,20);(H,3,4)(H,5,6). The molecule has 0 saturated carbocycles. The number of hydrogen-bond acceptors (Lipinski definition) is 6. The van der Waals surface area contributed by atoms with Crippen LogP contribution in [0.15, 0.2) is 24.3 Å². The highest BCUT2D eigenvalue weighted by Gasteiger charge is 2.23. The van der Waals surface area contributed by atoms with Crippen molar-refractivity contribution >= 4 is 29.4 Å². The van der Waals surface area contributed by atoms with Gasteiger partial charge in [-0.25, -0.2) is 9.59 Å². The summed E-state index contributed by atoms with van der Waals surface area (Å²) in [6.07, 6.45) is 2.01. The van der Waals surface area contributed by atoms with Gasteiger partial charge in [-0.15, -0.1) is 0 Å². The smallest absolute Gasteiger partial charge is 0.414 e. The Morgan fingerprint density at radius 1 is 1.11 bits per heavy atom. The largest absolute Gasteiger partial charge is 0.497 e. The van der Waals surface area contributed by atoms with Gasteiger partial charge in [0.1, 0.15) is 5.75 Å². The molecule has 0 unspecified atom stereocenters. The molecule has 0 aromatic heterocycles. The molecule has 154 valence electrons. The number of methoxy groups -OCH3 is 1. The van der Waals surface area contributed by atoms with Crippen LogP contribution < -0.4 is 15.8 Å². The average Bonchev–Trinajstić information content (AvgIpc) is 2.67. The Hall–Kier alpha value is -3.14. The van der Waals surface area contributed by atoms with Crippen LogP contribution >= 0.6 is 0 Å². The van der Waals surface area contributed by atoms with Crippen LogP contribution in [0.3, 0.4) is 0 Å². The molecule has 28 heavy (non-hydrogen) atoms. The fraction of sp³-hybridized carbons (Fsp3) is 0.444. The molecular formula is C18H25N3O7. The first-order valence-corrected chi connectivity index (χ1v) is 8.64. The van der Waals surface area contributed by atoms with Gasteiger partial charge in [0.05, 0.1) is 7.11 Å². The Morgan fingerprint density at radius 2 is 1.64 bits per heavy atom. The van der Waals surface area contributed by atoms with Crippen LogP contribution in [0.1, 0.15) is 19.3 Å². The highest BCUT2D eigenvalue weighted by molar-refractivity contribution is 6.27. The number of hydrogen-bond donors (Lipinski definition) is 4. The van der Waals surface area contributed by atoms with Gasteiger partial charge in [-0.2, -0.15) is 0 Å². The molecule has 1 aliphatic heterocycles. The SMILES string of the molecule is COc1ccc(NC(=O)CCN2CCC(C(N)=O)CC2)cc1.O=C(O)C(=O)O. The molecule has 1 aromatic rings. The zero-order valence-electron chi connectivity index (χ0n) is 15.6. The third-order valence-corrected chi connectivity index (χ3v) is 4.20. The third-order valence-electron chi connectivity index (χ3n) is 4.20. The summed E-state index contributed by atoms with van der Waals surface area (Å²) in [5.74, 6) is -3.12. The van der Waals surface area contributed by atoms with Crippen LogP contribution in [-0.4, -0.2) is 65.6 Å². The lowest BCUT2D eigenvalue weighted by Crippen LogP contribution is -2.39. The summed E-state index contributed by atoms with van der Waals surface area (Å²) >= 11 is 0. The van der Waals surface area contributed by atoms with Gasteiger partial charge in [-0.3, -0.25) is 9.59 Å². The number of amides is 2. The Labute approximate surface area is 162 Å². The molecule has 1 aromatic carbocycles. The maximum absolute atomic E-state index is 11.9. The molecule has 1 fully saturated rings. The number of rotatable bonds is 6. The summed E-state index contributed by atoms with van der Waals surface area (Å²) in [7, 11) is 1.61. The molecule has 0 atom stereocenters. The number of piperidine rings is 1. The monoisotopic (exact) mass is 395 g/mol. The van der Waals surface area contributed by atoms with E-state index in [4.69, 9.17) is 30.3 Å². The van der Waals surface area contributed by atoms with Crippen molar-refractivity contribution in [3.8, 4) is 5.75 Å². The molecule has 1 saturated heterocycles. The Morgan fingerprint density at radius 3 is 2.07 bits per heavy atom. The van der Waals surface area contributed by atoms with E-state index in [9.17, 15) is 9.59 Å². The summed E-state index contributed by atoms with van der Waals surface area (Å²) in [6.45, 7) is 2.35. The van der Waals surface area contributed by atoms with Crippen LogP contribution in [0.2, 0.25) is 0 Å². The van der Waals surface area contributed by atoms with E-state index in [1.54, 1.807) is 7.11 Å². The van der Waals surface area contributed by atoms with E-state index >= 15 is 0 Å². The van der Waals surface area contributed by atoms with Crippen molar-refractivity contribution in [3.05, 3.63) is 24.3 Å². The molecule has 0 radical (unpaired) electrons. The molecule has 1 heterocycles. The summed E-state index contributed by atoms with van der Waals surface area (Å²) in [4.78, 5) is 43.4. The molecule has 0 aliphatic carbocycles. The number of nitrogens with zero attached hydrogens (tertiary/aromatic N) is 1. The summed E-state index contributed by atoms with van der Waals surface area (Å²) in [5.41, 5.74) is 6.07. The third kappa shape index (κ3) is 8.49. The summed E-state index contributed by atoms with van der Waals surface area (Å²) in [5, 5.41) is 17.6. The van der Waals surface area contributed by atoms with E-state index in [1.807, 2.05) is 24.3 Å². The topological polar surface area (TPSA) is 159 Å². The van der Waals surface area contributed by atoms with Gasteiger partial charge in [0.2, 0.25) is 11.8 Å². The van der Waals surface area contributed by atoms with Crippen molar-refractivity contribution in [2.75, 3.05) is 32.1 Å². The number of aliphatic carboxylic acids is 2. The first-order chi connectivity index (χ1) is 13.2. The lowest BCUT2D eigenvalue weighted by Gasteiger charge is -2.30. The van der Waals surface area contributed by atoms with E-state index in [2.05, 4.69) is 10.2 Å². The second-order valence-electron chi connectivity index (χ2n) is 6.16. The number of carbonyl (C=O) groups excluding carboxylic acids is 2. The first kappa shape index (κ1) is 22.9. The van der Waals surface area contributed by atoms with Gasteiger partial charge >= 0.3 is 11.9 Å². The van der Waals surface area contributed by atoms with Gasteiger partial charge in [-0.05, 0) is 50.2 Å². The highest BCUT2D eigenvalue weighted by Crippen LogP contribution is 2.17. The number of carboxylic acid groups (broad SMARTS) is 2. The maximum Gasteiger partial charge on any atom is 0.414 e. The van der Waals surface area contributed by atoms with Gasteiger partial charge in [0, 0.05) is 24.6 Å². The minimum absolute atomic E-state index is 0.00984. The summed E-state index contributed by atoms with van der Waals surface area (Å²) < 4.78 is 5.07. The predicted octanol–water partition coefficient (Wildman–Crippen LogP) is 0.377. The summed E-state index contributed by atoms with van der Waals surface area (Å²) in [6, 6.07) is 7.25. The molecule has 0 bridgehead atoms. The average molecular weight is 395 g/mol. The van der Waals surface area contributed by atoms with Crippen molar-refractivity contribution in [1.82, 2.24) is 4.90 Å². The van der Waals surface area contributed by atoms with Gasteiger partial charge in [0.25, 0.3) is 0 Å². The number of benzene rings is 1. The number of carboxylic acids is 2. The van der Waals surface area contributed by atoms with Gasteiger partial charge in [0.15, 0.2) is 0 Å². The molecule has 2 amide bonds. The van der Waals surface area contributed by atoms with Crippen LogP contribution in [0.25, 0.3) is 0 Å². The van der Waals surface area contributed by atoms with Crippen molar-refractivity contribution < 1.29 is 34.1 Å². The lowest BCUT2D eigenvalue weighted by molar-refractivity contribution is -0.159. The molecule has 10 heteroatoms. The van der Waals surface area contributed by atoms with Crippen LogP contribution in [0.5, 0.6) is 5.75 Å². The Balaban J connectivity index is 0.000000568. The quantitative estimate of drug-likeness (QED) is 0.503. The van der Waals surface area contributed by atoms with Gasteiger partial charge in [-0.1, -0.05) is 0 Å². The second kappa shape index (κ2) is 11.5. The molecule has 2 rings (SSSR count). The van der Waals surface area contributed by atoms with Crippen molar-refractivity contribution in [3.63, 3.8) is 0 Å². The molecule has 0 spiro atoms. The van der Waals surface area contributed by atoms with E-state index < -0.39 is 11.9 Å². The minimum atomic E-state index is -1.82. The van der Waals surface area contributed by atoms with Crippen molar-refractivity contribution in [1.29, 1.82) is 0 Å². The number of nitrogens with two attached hydrogens (primary N) is 1. The van der Waals surface area contributed by atoms with E-state index in [0.717, 1.165) is 37.4 Å². The molecule has 5 N–H and O–H groups in total. The zero-order valence-corrected chi connectivity index (χ0v) is 15.6. The lowest BCUT2D eigenvalue weighted by atomic mass is 9.96. The second-order valence-corrected chi connectivity index (χ2v) is 6.16. The minimum Gasteiger partial charge on any atom is -0.497 e. The van der Waals surface area contributed by atoms with Crippen LogP contribution in [0, 0.1) is 5.92 Å². The number of primary amides is 1. The fourth-order valence-corrected chi connectivity index (χ4v) is 2.60. The predicted molar refractivity (Wildman–Crippen MR) is 99.9 cm³/mol. The number of ether oxygens (including phenoxy) is 1. The molecular weight excluding hydrogens is 370 g/mol. The van der Waals surface area contributed by atoms with Crippen LogP contribution in [0.4, 0.5) is 5.69 Å². The normalized spacial score (nSPS) is 14.3. The van der Waals surface area contributed by atoms with Crippen molar-refractivity contribution in [2.24, 2.45) is 11.7 Å². The van der Waals surface area contributed by atoms with E-state index in [0.29, 0.717) is 13.0 Å².